The molecule has 3 heteroatoms. The highest BCUT2D eigenvalue weighted by Crippen LogP contribution is 2.21. The van der Waals surface area contributed by atoms with Crippen molar-refractivity contribution in [3.05, 3.63) is 59.7 Å². The first-order chi connectivity index (χ1) is 9.31. The van der Waals surface area contributed by atoms with Gasteiger partial charge in [0.15, 0.2) is 0 Å². The van der Waals surface area contributed by atoms with Crippen molar-refractivity contribution in [1.29, 1.82) is 0 Å². The molecule has 2 aromatic rings. The Hall–Kier alpha value is -1.45. The molecular formula is C16H19NOS. The molecule has 0 atom stereocenters. The molecule has 2 rings (SSSR count). The SMILES string of the molecule is COc1ccc(CCSc2cccc(CN)c2)cc1. The molecule has 19 heavy (non-hydrogen) atoms. The fraction of sp³-hybridized carbons (Fsp3) is 0.250. The van der Waals surface area contributed by atoms with Gasteiger partial charge >= 0.3 is 0 Å². The van der Waals surface area contributed by atoms with Crippen molar-refractivity contribution in [2.45, 2.75) is 17.9 Å². The van der Waals surface area contributed by atoms with E-state index < -0.39 is 0 Å². The predicted octanol–water partition coefficient (Wildman–Crippen LogP) is 3.49. The van der Waals surface area contributed by atoms with Gasteiger partial charge in [0.05, 0.1) is 7.11 Å². The normalized spacial score (nSPS) is 10.4. The molecule has 0 amide bonds. The third-order valence-corrected chi connectivity index (χ3v) is 3.95. The van der Waals surface area contributed by atoms with Gasteiger partial charge in [-0.1, -0.05) is 24.3 Å². The van der Waals surface area contributed by atoms with Crippen molar-refractivity contribution in [1.82, 2.24) is 0 Å². The summed E-state index contributed by atoms with van der Waals surface area (Å²) in [7, 11) is 1.69. The van der Waals surface area contributed by atoms with Crippen molar-refractivity contribution in [3.8, 4) is 5.75 Å². The monoisotopic (exact) mass is 273 g/mol. The first kappa shape index (κ1) is 14.0. The average molecular weight is 273 g/mol. The Morgan fingerprint density at radius 3 is 2.53 bits per heavy atom. The van der Waals surface area contributed by atoms with Crippen LogP contribution in [0.2, 0.25) is 0 Å². The predicted molar refractivity (Wildman–Crippen MR) is 81.8 cm³/mol. The highest BCUT2D eigenvalue weighted by Gasteiger charge is 1.98. The van der Waals surface area contributed by atoms with Crippen LogP contribution in [0.15, 0.2) is 53.4 Å². The number of methoxy groups -OCH3 is 1. The van der Waals surface area contributed by atoms with Gasteiger partial charge < -0.3 is 10.5 Å². The molecule has 0 aliphatic rings. The molecule has 0 aliphatic carbocycles. The molecule has 100 valence electrons. The van der Waals surface area contributed by atoms with E-state index in [-0.39, 0.29) is 0 Å². The van der Waals surface area contributed by atoms with Crippen LogP contribution in [-0.2, 0) is 13.0 Å². The Balaban J connectivity index is 1.85. The molecule has 0 saturated heterocycles. The lowest BCUT2D eigenvalue weighted by Gasteiger charge is -2.05. The van der Waals surface area contributed by atoms with Crippen molar-refractivity contribution in [3.63, 3.8) is 0 Å². The van der Waals surface area contributed by atoms with Crippen LogP contribution in [0.5, 0.6) is 5.75 Å². The maximum Gasteiger partial charge on any atom is 0.118 e. The number of rotatable bonds is 6. The van der Waals surface area contributed by atoms with Gasteiger partial charge in [0.1, 0.15) is 5.75 Å². The number of ether oxygens (including phenoxy) is 1. The maximum atomic E-state index is 5.64. The Labute approximate surface area is 119 Å². The molecule has 0 bridgehead atoms. The van der Waals surface area contributed by atoms with Gasteiger partial charge in [0.2, 0.25) is 0 Å². The number of aryl methyl sites for hydroxylation is 1. The standard InChI is InChI=1S/C16H19NOS/c1-18-15-7-5-13(6-8-15)9-10-19-16-4-2-3-14(11-16)12-17/h2-8,11H,9-10,12,17H2,1H3. The van der Waals surface area contributed by atoms with Gasteiger partial charge in [-0.05, 0) is 41.8 Å². The van der Waals surface area contributed by atoms with Crippen molar-refractivity contribution in [2.75, 3.05) is 12.9 Å². The zero-order valence-corrected chi connectivity index (χ0v) is 12.0. The van der Waals surface area contributed by atoms with Crippen LogP contribution in [-0.4, -0.2) is 12.9 Å². The summed E-state index contributed by atoms with van der Waals surface area (Å²) >= 11 is 1.87. The molecule has 0 spiro atoms. The Morgan fingerprint density at radius 1 is 1.05 bits per heavy atom. The van der Waals surface area contributed by atoms with Crippen molar-refractivity contribution >= 4 is 11.8 Å². The van der Waals surface area contributed by atoms with Gasteiger partial charge in [0, 0.05) is 17.2 Å². The van der Waals surface area contributed by atoms with Gasteiger partial charge in [-0.3, -0.25) is 0 Å². The topological polar surface area (TPSA) is 35.2 Å². The van der Waals surface area contributed by atoms with Gasteiger partial charge in [-0.15, -0.1) is 11.8 Å². The maximum absolute atomic E-state index is 5.64. The Morgan fingerprint density at radius 2 is 1.84 bits per heavy atom. The highest BCUT2D eigenvalue weighted by molar-refractivity contribution is 7.99. The zero-order chi connectivity index (χ0) is 13.5. The molecular weight excluding hydrogens is 254 g/mol. The fourth-order valence-electron chi connectivity index (χ4n) is 1.84. The van der Waals surface area contributed by atoms with Crippen LogP contribution < -0.4 is 10.5 Å². The molecule has 0 unspecified atom stereocenters. The minimum absolute atomic E-state index is 0.604. The molecule has 0 fully saturated rings. The average Bonchev–Trinajstić information content (AvgIpc) is 2.48. The van der Waals surface area contributed by atoms with E-state index in [9.17, 15) is 0 Å². The van der Waals surface area contributed by atoms with Gasteiger partial charge in [0.25, 0.3) is 0 Å². The van der Waals surface area contributed by atoms with Crippen molar-refractivity contribution in [2.24, 2.45) is 5.73 Å². The van der Waals surface area contributed by atoms with Crippen LogP contribution in [0, 0.1) is 0 Å². The van der Waals surface area contributed by atoms with E-state index in [0.29, 0.717) is 6.54 Å². The molecule has 0 saturated carbocycles. The lowest BCUT2D eigenvalue weighted by molar-refractivity contribution is 0.414. The molecule has 0 heterocycles. The minimum Gasteiger partial charge on any atom is -0.497 e. The van der Waals surface area contributed by atoms with Crippen LogP contribution in [0.25, 0.3) is 0 Å². The number of thioether (sulfide) groups is 1. The third-order valence-electron chi connectivity index (χ3n) is 2.95. The summed E-state index contributed by atoms with van der Waals surface area (Å²) in [5.74, 6) is 1.98. The second kappa shape index (κ2) is 7.22. The number of nitrogens with two attached hydrogens (primary N) is 1. The van der Waals surface area contributed by atoms with E-state index in [1.165, 1.54) is 16.0 Å². The van der Waals surface area contributed by atoms with Crippen LogP contribution in [0.1, 0.15) is 11.1 Å². The summed E-state index contributed by atoms with van der Waals surface area (Å²) in [5, 5.41) is 0. The lowest BCUT2D eigenvalue weighted by Crippen LogP contribution is -1.95. The van der Waals surface area contributed by atoms with E-state index in [1.54, 1.807) is 7.11 Å². The Kier molecular flexibility index (Phi) is 5.31. The summed E-state index contributed by atoms with van der Waals surface area (Å²) < 4.78 is 5.15. The van der Waals surface area contributed by atoms with E-state index >= 15 is 0 Å². The minimum atomic E-state index is 0.604. The van der Waals surface area contributed by atoms with E-state index in [4.69, 9.17) is 10.5 Å². The number of hydrogen-bond acceptors (Lipinski definition) is 3. The molecule has 2 aromatic carbocycles. The lowest BCUT2D eigenvalue weighted by atomic mass is 10.2. The fourth-order valence-corrected chi connectivity index (χ4v) is 2.82. The number of benzene rings is 2. The first-order valence-electron chi connectivity index (χ1n) is 6.36. The second-order valence-electron chi connectivity index (χ2n) is 4.30. The number of hydrogen-bond donors (Lipinski definition) is 1. The summed E-state index contributed by atoms with van der Waals surface area (Å²) in [6.07, 6.45) is 1.06. The van der Waals surface area contributed by atoms with Crippen LogP contribution >= 0.6 is 11.8 Å². The molecule has 0 aromatic heterocycles. The van der Waals surface area contributed by atoms with Gasteiger partial charge in [-0.25, -0.2) is 0 Å². The first-order valence-corrected chi connectivity index (χ1v) is 7.35. The van der Waals surface area contributed by atoms with E-state index in [2.05, 4.69) is 36.4 Å². The summed E-state index contributed by atoms with van der Waals surface area (Å²) in [5.41, 5.74) is 8.17. The van der Waals surface area contributed by atoms with E-state index in [0.717, 1.165) is 17.9 Å². The molecule has 2 N–H and O–H groups in total. The molecule has 0 radical (unpaired) electrons. The molecule has 0 aliphatic heterocycles. The van der Waals surface area contributed by atoms with Crippen LogP contribution in [0.4, 0.5) is 0 Å². The Bertz CT molecular complexity index is 510. The second-order valence-corrected chi connectivity index (χ2v) is 5.47. The van der Waals surface area contributed by atoms with Gasteiger partial charge in [-0.2, -0.15) is 0 Å². The zero-order valence-electron chi connectivity index (χ0n) is 11.1. The highest BCUT2D eigenvalue weighted by atomic mass is 32.2. The van der Waals surface area contributed by atoms with E-state index in [1.807, 2.05) is 23.9 Å². The summed E-state index contributed by atoms with van der Waals surface area (Å²) in [4.78, 5) is 1.29. The summed E-state index contributed by atoms with van der Waals surface area (Å²) in [6.45, 7) is 0.604. The molecule has 2 nitrogen and oxygen atoms in total. The van der Waals surface area contributed by atoms with Crippen LogP contribution in [0.3, 0.4) is 0 Å². The summed E-state index contributed by atoms with van der Waals surface area (Å²) in [6, 6.07) is 16.7. The smallest absolute Gasteiger partial charge is 0.118 e. The van der Waals surface area contributed by atoms with Crippen molar-refractivity contribution < 1.29 is 4.74 Å². The largest absolute Gasteiger partial charge is 0.497 e. The third kappa shape index (κ3) is 4.30. The quantitative estimate of drug-likeness (QED) is 0.818.